The van der Waals surface area contributed by atoms with E-state index in [2.05, 4.69) is 0 Å². The van der Waals surface area contributed by atoms with Gasteiger partial charge in [0.2, 0.25) is 0 Å². The molecule has 0 fully saturated rings. The number of hydrogen-bond acceptors (Lipinski definition) is 1. The minimum atomic E-state index is -2.79. The van der Waals surface area contributed by atoms with Crippen molar-refractivity contribution in [3.05, 3.63) is 35.1 Å². The van der Waals surface area contributed by atoms with Gasteiger partial charge in [0.15, 0.2) is 0 Å². The van der Waals surface area contributed by atoms with Crippen molar-refractivity contribution >= 4 is 12.4 Å². The third-order valence-electron chi connectivity index (χ3n) is 1.78. The zero-order valence-corrected chi connectivity index (χ0v) is 8.32. The fourth-order valence-electron chi connectivity index (χ4n) is 1.09. The first-order valence-corrected chi connectivity index (χ1v) is 3.86. The minimum Gasteiger partial charge on any atom is -0.324 e. The summed E-state index contributed by atoms with van der Waals surface area (Å²) in [5.74, 6) is -0.896. The molecule has 0 aliphatic carbocycles. The van der Waals surface area contributed by atoms with Crippen LogP contribution < -0.4 is 5.73 Å². The Morgan fingerprint density at radius 1 is 1.21 bits per heavy atom. The molecule has 0 unspecified atom stereocenters. The normalized spacial score (nSPS) is 12.4. The van der Waals surface area contributed by atoms with E-state index in [1.54, 1.807) is 6.92 Å². The van der Waals surface area contributed by atoms with E-state index in [9.17, 15) is 13.2 Å². The topological polar surface area (TPSA) is 26.0 Å². The van der Waals surface area contributed by atoms with Crippen molar-refractivity contribution in [1.29, 1.82) is 0 Å². The van der Waals surface area contributed by atoms with Crippen molar-refractivity contribution in [3.8, 4) is 0 Å². The summed E-state index contributed by atoms with van der Waals surface area (Å²) < 4.78 is 37.6. The molecule has 0 aliphatic heterocycles. The van der Waals surface area contributed by atoms with Crippen LogP contribution in [0.15, 0.2) is 18.2 Å². The summed E-state index contributed by atoms with van der Waals surface area (Å²) in [7, 11) is 0. The molecule has 1 atom stereocenters. The second kappa shape index (κ2) is 5.22. The van der Waals surface area contributed by atoms with Crippen LogP contribution >= 0.6 is 12.4 Å². The fourth-order valence-corrected chi connectivity index (χ4v) is 1.09. The van der Waals surface area contributed by atoms with Gasteiger partial charge in [0.25, 0.3) is 6.43 Å². The monoisotopic (exact) mass is 225 g/mol. The van der Waals surface area contributed by atoms with Crippen LogP contribution in [0.3, 0.4) is 0 Å². The van der Waals surface area contributed by atoms with Gasteiger partial charge in [0.05, 0.1) is 5.56 Å². The van der Waals surface area contributed by atoms with Crippen molar-refractivity contribution in [2.45, 2.75) is 19.4 Å². The highest BCUT2D eigenvalue weighted by molar-refractivity contribution is 5.85. The van der Waals surface area contributed by atoms with E-state index in [-0.39, 0.29) is 18.0 Å². The predicted molar refractivity (Wildman–Crippen MR) is 51.2 cm³/mol. The van der Waals surface area contributed by atoms with Crippen LogP contribution in [0.2, 0.25) is 0 Å². The lowest BCUT2D eigenvalue weighted by molar-refractivity contribution is 0.146. The molecule has 1 rings (SSSR count). The molecule has 0 saturated heterocycles. The van der Waals surface area contributed by atoms with Gasteiger partial charge in [-0.25, -0.2) is 13.2 Å². The molecule has 0 bridgehead atoms. The first-order valence-electron chi connectivity index (χ1n) is 3.86. The van der Waals surface area contributed by atoms with Crippen LogP contribution in [-0.4, -0.2) is 0 Å². The fraction of sp³-hybridized carbons (Fsp3) is 0.333. The molecular formula is C9H11ClF3N. The summed E-state index contributed by atoms with van der Waals surface area (Å²) in [6.07, 6.45) is -2.79. The Morgan fingerprint density at radius 2 is 1.71 bits per heavy atom. The number of halogens is 4. The first kappa shape index (κ1) is 13.3. The second-order valence-corrected chi connectivity index (χ2v) is 2.84. The van der Waals surface area contributed by atoms with Gasteiger partial charge in [0, 0.05) is 11.6 Å². The van der Waals surface area contributed by atoms with Crippen LogP contribution in [0.5, 0.6) is 0 Å². The summed E-state index contributed by atoms with van der Waals surface area (Å²) >= 11 is 0. The van der Waals surface area contributed by atoms with Crippen LogP contribution in [0.4, 0.5) is 13.2 Å². The second-order valence-electron chi connectivity index (χ2n) is 2.84. The lowest BCUT2D eigenvalue weighted by Gasteiger charge is -2.09. The van der Waals surface area contributed by atoms with Crippen LogP contribution in [0.25, 0.3) is 0 Å². The van der Waals surface area contributed by atoms with Crippen molar-refractivity contribution < 1.29 is 13.2 Å². The minimum absolute atomic E-state index is 0. The standard InChI is InChI=1S/C9H10F3N.ClH/c1-5(13)6-3-2-4-7(8(6)10)9(11)12;/h2-5,9H,13H2,1H3;1H/t5-;/m1./s1. The Bertz CT molecular complexity index is 276. The number of hydrogen-bond donors (Lipinski definition) is 1. The quantitative estimate of drug-likeness (QED) is 0.822. The van der Waals surface area contributed by atoms with E-state index in [1.807, 2.05) is 0 Å². The molecule has 80 valence electrons. The van der Waals surface area contributed by atoms with Crippen molar-refractivity contribution in [1.82, 2.24) is 0 Å². The summed E-state index contributed by atoms with van der Waals surface area (Å²) in [6.45, 7) is 1.55. The molecule has 1 aromatic carbocycles. The van der Waals surface area contributed by atoms with Gasteiger partial charge >= 0.3 is 0 Å². The van der Waals surface area contributed by atoms with Crippen molar-refractivity contribution in [3.63, 3.8) is 0 Å². The van der Waals surface area contributed by atoms with Gasteiger partial charge in [-0.15, -0.1) is 12.4 Å². The molecule has 5 heteroatoms. The lowest BCUT2D eigenvalue weighted by Crippen LogP contribution is -2.09. The molecule has 2 N–H and O–H groups in total. The smallest absolute Gasteiger partial charge is 0.266 e. The molecule has 1 nitrogen and oxygen atoms in total. The maximum absolute atomic E-state index is 13.2. The molecule has 1 aromatic rings. The van der Waals surface area contributed by atoms with E-state index >= 15 is 0 Å². The maximum atomic E-state index is 13.2. The molecule has 0 amide bonds. The molecule has 0 radical (unpaired) electrons. The van der Waals surface area contributed by atoms with E-state index in [4.69, 9.17) is 5.73 Å². The van der Waals surface area contributed by atoms with Crippen LogP contribution in [-0.2, 0) is 0 Å². The van der Waals surface area contributed by atoms with E-state index in [0.717, 1.165) is 6.07 Å². The number of benzene rings is 1. The molecule has 0 saturated carbocycles. The lowest BCUT2D eigenvalue weighted by atomic mass is 10.0. The average Bonchev–Trinajstić information content (AvgIpc) is 2.03. The number of rotatable bonds is 2. The summed E-state index contributed by atoms with van der Waals surface area (Å²) in [4.78, 5) is 0. The third-order valence-corrected chi connectivity index (χ3v) is 1.78. The Balaban J connectivity index is 0.00000169. The maximum Gasteiger partial charge on any atom is 0.266 e. The Hall–Kier alpha value is -0.740. The summed E-state index contributed by atoms with van der Waals surface area (Å²) in [5.41, 5.74) is 4.93. The van der Waals surface area contributed by atoms with Crippen molar-refractivity contribution in [2.24, 2.45) is 5.73 Å². The highest BCUT2D eigenvalue weighted by Gasteiger charge is 2.17. The number of nitrogens with two attached hydrogens (primary N) is 1. The number of alkyl halides is 2. The third kappa shape index (κ3) is 2.62. The van der Waals surface area contributed by atoms with Crippen molar-refractivity contribution in [2.75, 3.05) is 0 Å². The SMILES string of the molecule is C[C@@H](N)c1cccc(C(F)F)c1F.Cl. The molecule has 0 heterocycles. The first-order chi connectivity index (χ1) is 6.04. The molecule has 0 aliphatic rings. The predicted octanol–water partition coefficient (Wildman–Crippen LogP) is 3.20. The van der Waals surface area contributed by atoms with E-state index in [0.29, 0.717) is 0 Å². The van der Waals surface area contributed by atoms with Gasteiger partial charge in [0.1, 0.15) is 5.82 Å². The Kier molecular flexibility index (Phi) is 4.94. The zero-order valence-electron chi connectivity index (χ0n) is 7.51. The Morgan fingerprint density at radius 3 is 2.14 bits per heavy atom. The summed E-state index contributed by atoms with van der Waals surface area (Å²) in [6, 6.07) is 3.28. The van der Waals surface area contributed by atoms with E-state index in [1.165, 1.54) is 12.1 Å². The Labute approximate surface area is 86.5 Å². The average molecular weight is 226 g/mol. The highest BCUT2D eigenvalue weighted by Crippen LogP contribution is 2.26. The van der Waals surface area contributed by atoms with Crippen LogP contribution in [0, 0.1) is 5.82 Å². The zero-order chi connectivity index (χ0) is 10.0. The van der Waals surface area contributed by atoms with E-state index < -0.39 is 23.8 Å². The van der Waals surface area contributed by atoms with Gasteiger partial charge in [-0.1, -0.05) is 18.2 Å². The van der Waals surface area contributed by atoms with Gasteiger partial charge in [-0.2, -0.15) is 0 Å². The molecule has 14 heavy (non-hydrogen) atoms. The summed E-state index contributed by atoms with van der Waals surface area (Å²) in [5, 5.41) is 0. The highest BCUT2D eigenvalue weighted by atomic mass is 35.5. The molecular weight excluding hydrogens is 215 g/mol. The van der Waals surface area contributed by atoms with Crippen LogP contribution in [0.1, 0.15) is 30.5 Å². The molecule has 0 aromatic heterocycles. The largest absolute Gasteiger partial charge is 0.324 e. The van der Waals surface area contributed by atoms with Gasteiger partial charge < -0.3 is 5.73 Å². The van der Waals surface area contributed by atoms with Gasteiger partial charge in [-0.3, -0.25) is 0 Å². The van der Waals surface area contributed by atoms with Gasteiger partial charge in [-0.05, 0) is 6.92 Å². The molecule has 0 spiro atoms.